The first-order valence-electron chi connectivity index (χ1n) is 11.1. The fraction of sp³-hybridized carbons (Fsp3) is 0.269. The third-order valence-electron chi connectivity index (χ3n) is 6.26. The van der Waals surface area contributed by atoms with Gasteiger partial charge in [-0.3, -0.25) is 4.79 Å². The SMILES string of the molecule is COc1ccc(-n2nc3ccc(NC(=O)C(c4ccccc4)C4CCCC4)cc3n2)cc1. The average Bonchev–Trinajstić information content (AvgIpc) is 3.50. The Bertz CT molecular complexity index is 1210. The summed E-state index contributed by atoms with van der Waals surface area (Å²) in [6.07, 6.45) is 4.59. The van der Waals surface area contributed by atoms with E-state index in [1.807, 2.05) is 60.7 Å². The Hall–Kier alpha value is -3.67. The highest BCUT2D eigenvalue weighted by atomic mass is 16.5. The van der Waals surface area contributed by atoms with Crippen LogP contribution in [0.4, 0.5) is 5.69 Å². The normalized spacial score (nSPS) is 15.0. The number of carbonyl (C=O) groups is 1. The van der Waals surface area contributed by atoms with Gasteiger partial charge in [-0.15, -0.1) is 10.2 Å². The van der Waals surface area contributed by atoms with Gasteiger partial charge in [-0.2, -0.15) is 4.80 Å². The van der Waals surface area contributed by atoms with Crippen LogP contribution in [0.3, 0.4) is 0 Å². The fourth-order valence-electron chi connectivity index (χ4n) is 4.63. The van der Waals surface area contributed by atoms with Crippen molar-refractivity contribution >= 4 is 22.6 Å². The molecule has 1 aromatic heterocycles. The molecule has 3 aromatic carbocycles. The average molecular weight is 427 g/mol. The molecule has 1 heterocycles. The summed E-state index contributed by atoms with van der Waals surface area (Å²) in [6.45, 7) is 0. The van der Waals surface area contributed by atoms with Gasteiger partial charge in [-0.1, -0.05) is 43.2 Å². The molecule has 0 spiro atoms. The Morgan fingerprint density at radius 2 is 1.69 bits per heavy atom. The summed E-state index contributed by atoms with van der Waals surface area (Å²) in [5.74, 6) is 1.08. The number of nitrogens with one attached hydrogen (secondary N) is 1. The second-order valence-electron chi connectivity index (χ2n) is 8.31. The topological polar surface area (TPSA) is 69.0 Å². The van der Waals surface area contributed by atoms with Crippen LogP contribution in [-0.2, 0) is 4.79 Å². The summed E-state index contributed by atoms with van der Waals surface area (Å²) >= 11 is 0. The number of aromatic nitrogens is 3. The first-order chi connectivity index (χ1) is 15.7. The molecule has 4 aromatic rings. The van der Waals surface area contributed by atoms with Crippen LogP contribution in [0.5, 0.6) is 5.75 Å². The van der Waals surface area contributed by atoms with E-state index in [4.69, 9.17) is 4.74 Å². The first-order valence-corrected chi connectivity index (χ1v) is 11.1. The minimum atomic E-state index is -0.135. The minimum absolute atomic E-state index is 0.0463. The van der Waals surface area contributed by atoms with E-state index < -0.39 is 0 Å². The summed E-state index contributed by atoms with van der Waals surface area (Å²) in [5, 5.41) is 12.3. The van der Waals surface area contributed by atoms with Crippen molar-refractivity contribution in [2.45, 2.75) is 31.6 Å². The highest BCUT2D eigenvalue weighted by Crippen LogP contribution is 2.38. The van der Waals surface area contributed by atoms with Crippen molar-refractivity contribution in [3.8, 4) is 11.4 Å². The van der Waals surface area contributed by atoms with Crippen molar-refractivity contribution in [3.63, 3.8) is 0 Å². The molecule has 1 amide bonds. The van der Waals surface area contributed by atoms with Gasteiger partial charge in [0, 0.05) is 5.69 Å². The molecule has 0 bridgehead atoms. The molecular formula is C26H26N4O2. The molecule has 1 unspecified atom stereocenters. The van der Waals surface area contributed by atoms with Crippen LogP contribution >= 0.6 is 0 Å². The van der Waals surface area contributed by atoms with E-state index in [-0.39, 0.29) is 11.8 Å². The smallest absolute Gasteiger partial charge is 0.232 e. The van der Waals surface area contributed by atoms with Gasteiger partial charge >= 0.3 is 0 Å². The summed E-state index contributed by atoms with van der Waals surface area (Å²) in [4.78, 5) is 15.0. The first kappa shape index (κ1) is 20.2. The van der Waals surface area contributed by atoms with Gasteiger partial charge in [0.1, 0.15) is 16.8 Å². The number of fused-ring (bicyclic) bond motifs is 1. The van der Waals surface area contributed by atoms with Crippen molar-refractivity contribution in [2.24, 2.45) is 5.92 Å². The molecule has 1 aliphatic carbocycles. The number of carbonyl (C=O) groups excluding carboxylic acids is 1. The lowest BCUT2D eigenvalue weighted by molar-refractivity contribution is -0.118. The number of hydrogen-bond acceptors (Lipinski definition) is 4. The van der Waals surface area contributed by atoms with E-state index in [1.165, 1.54) is 12.8 Å². The summed E-state index contributed by atoms with van der Waals surface area (Å²) in [5.41, 5.74) is 4.18. The number of ether oxygens (including phenoxy) is 1. The maximum atomic E-state index is 13.4. The van der Waals surface area contributed by atoms with Crippen LogP contribution in [0.25, 0.3) is 16.7 Å². The van der Waals surface area contributed by atoms with E-state index in [0.717, 1.165) is 46.6 Å². The lowest BCUT2D eigenvalue weighted by atomic mass is 9.84. The Kier molecular flexibility index (Phi) is 5.58. The van der Waals surface area contributed by atoms with Crippen LogP contribution in [-0.4, -0.2) is 28.0 Å². The lowest BCUT2D eigenvalue weighted by Crippen LogP contribution is -2.26. The van der Waals surface area contributed by atoms with Gasteiger partial charge in [0.2, 0.25) is 5.91 Å². The van der Waals surface area contributed by atoms with Crippen LogP contribution in [0.1, 0.15) is 37.2 Å². The number of anilines is 1. The second kappa shape index (κ2) is 8.83. The Morgan fingerprint density at radius 1 is 0.969 bits per heavy atom. The van der Waals surface area contributed by atoms with E-state index in [9.17, 15) is 4.79 Å². The summed E-state index contributed by atoms with van der Waals surface area (Å²) in [6, 6.07) is 23.4. The van der Waals surface area contributed by atoms with Crippen LogP contribution in [0.15, 0.2) is 72.8 Å². The Morgan fingerprint density at radius 3 is 2.41 bits per heavy atom. The number of nitrogens with zero attached hydrogens (tertiary/aromatic N) is 3. The van der Waals surface area contributed by atoms with E-state index in [0.29, 0.717) is 5.92 Å². The van der Waals surface area contributed by atoms with Crippen LogP contribution < -0.4 is 10.1 Å². The van der Waals surface area contributed by atoms with E-state index >= 15 is 0 Å². The Labute approximate surface area is 187 Å². The molecule has 1 N–H and O–H groups in total. The van der Waals surface area contributed by atoms with Gasteiger partial charge < -0.3 is 10.1 Å². The third kappa shape index (κ3) is 4.08. The van der Waals surface area contributed by atoms with Gasteiger partial charge in [0.25, 0.3) is 0 Å². The van der Waals surface area contributed by atoms with Crippen molar-refractivity contribution in [1.82, 2.24) is 15.0 Å². The zero-order valence-corrected chi connectivity index (χ0v) is 18.1. The minimum Gasteiger partial charge on any atom is -0.497 e. The van der Waals surface area contributed by atoms with Gasteiger partial charge in [0.15, 0.2) is 0 Å². The van der Waals surface area contributed by atoms with Crippen LogP contribution in [0.2, 0.25) is 0 Å². The van der Waals surface area contributed by atoms with Gasteiger partial charge in [-0.25, -0.2) is 0 Å². The predicted octanol–water partition coefficient (Wildman–Crippen LogP) is 5.34. The maximum Gasteiger partial charge on any atom is 0.232 e. The highest BCUT2D eigenvalue weighted by Gasteiger charge is 2.32. The second-order valence-corrected chi connectivity index (χ2v) is 8.31. The lowest BCUT2D eigenvalue weighted by Gasteiger charge is -2.23. The summed E-state index contributed by atoms with van der Waals surface area (Å²) < 4.78 is 5.21. The molecule has 1 atom stereocenters. The molecule has 0 saturated heterocycles. The van der Waals surface area contributed by atoms with Gasteiger partial charge in [-0.05, 0) is 66.8 Å². The van der Waals surface area contributed by atoms with Crippen LogP contribution in [0, 0.1) is 5.92 Å². The van der Waals surface area contributed by atoms with Crippen molar-refractivity contribution < 1.29 is 9.53 Å². The van der Waals surface area contributed by atoms with Crippen molar-refractivity contribution in [3.05, 3.63) is 78.4 Å². The van der Waals surface area contributed by atoms with Crippen molar-refractivity contribution in [1.29, 1.82) is 0 Å². The zero-order chi connectivity index (χ0) is 21.9. The molecular weight excluding hydrogens is 400 g/mol. The molecule has 5 rings (SSSR count). The molecule has 6 heteroatoms. The van der Waals surface area contributed by atoms with E-state index in [2.05, 4.69) is 27.6 Å². The maximum absolute atomic E-state index is 13.4. The molecule has 162 valence electrons. The molecule has 1 saturated carbocycles. The largest absolute Gasteiger partial charge is 0.497 e. The molecule has 0 radical (unpaired) electrons. The molecule has 1 fully saturated rings. The predicted molar refractivity (Wildman–Crippen MR) is 125 cm³/mol. The monoisotopic (exact) mass is 426 g/mol. The van der Waals surface area contributed by atoms with Crippen molar-refractivity contribution in [2.75, 3.05) is 12.4 Å². The number of hydrogen-bond donors (Lipinski definition) is 1. The fourth-order valence-corrected chi connectivity index (χ4v) is 4.63. The number of amides is 1. The summed E-state index contributed by atoms with van der Waals surface area (Å²) in [7, 11) is 1.64. The molecule has 0 aliphatic heterocycles. The number of benzene rings is 3. The van der Waals surface area contributed by atoms with Gasteiger partial charge in [0.05, 0.1) is 18.7 Å². The number of rotatable bonds is 6. The number of methoxy groups -OCH3 is 1. The third-order valence-corrected chi connectivity index (χ3v) is 6.26. The molecule has 6 nitrogen and oxygen atoms in total. The molecule has 1 aliphatic rings. The molecule has 32 heavy (non-hydrogen) atoms. The zero-order valence-electron chi connectivity index (χ0n) is 18.1. The Balaban J connectivity index is 1.39. The standard InChI is InChI=1S/C26H26N4O2/c1-32-22-14-12-21(13-15-22)30-28-23-16-11-20(17-24(23)29-30)27-26(31)25(19-9-5-6-10-19)18-7-3-2-4-8-18/h2-4,7-8,11-17,19,25H,5-6,9-10H2,1H3,(H,27,31). The van der Waals surface area contributed by atoms with E-state index in [1.54, 1.807) is 11.9 Å². The quantitative estimate of drug-likeness (QED) is 0.452. The highest BCUT2D eigenvalue weighted by molar-refractivity contribution is 5.97.